The molecule has 0 radical (unpaired) electrons. The lowest BCUT2D eigenvalue weighted by Crippen LogP contribution is -2.37. The van der Waals surface area contributed by atoms with E-state index in [4.69, 9.17) is 0 Å². The van der Waals surface area contributed by atoms with Gasteiger partial charge in [0.1, 0.15) is 0 Å². The van der Waals surface area contributed by atoms with Crippen LogP contribution in [0.15, 0.2) is 59.6 Å². The van der Waals surface area contributed by atoms with Crippen LogP contribution in [0.4, 0.5) is 0 Å². The first-order chi connectivity index (χ1) is 12.5. The molecule has 0 amide bonds. The molecule has 0 aliphatic heterocycles. The van der Waals surface area contributed by atoms with Gasteiger partial charge in [0.15, 0.2) is 15.8 Å². The quantitative estimate of drug-likeness (QED) is 0.252. The van der Waals surface area contributed by atoms with Crippen LogP contribution < -0.4 is 10.6 Å². The van der Waals surface area contributed by atoms with E-state index in [2.05, 4.69) is 40.7 Å². The van der Waals surface area contributed by atoms with Crippen molar-refractivity contribution in [1.29, 1.82) is 0 Å². The fraction of sp³-hybridized carbons (Fsp3) is 0.350. The molecular formula is C20H28IN3O2S. The summed E-state index contributed by atoms with van der Waals surface area (Å²) in [6, 6.07) is 17.5. The Bertz CT molecular complexity index is 824. The molecule has 7 heteroatoms. The van der Waals surface area contributed by atoms with Crippen molar-refractivity contribution in [1.82, 2.24) is 10.6 Å². The smallest absolute Gasteiger partial charge is 0.191 e. The monoisotopic (exact) mass is 501 g/mol. The number of hydrogen-bond donors (Lipinski definition) is 2. The van der Waals surface area contributed by atoms with Crippen molar-refractivity contribution in [3.8, 4) is 0 Å². The Hall–Kier alpha value is -1.61. The molecule has 0 heterocycles. The Balaban J connectivity index is 0.00000364. The van der Waals surface area contributed by atoms with Gasteiger partial charge in [-0.2, -0.15) is 0 Å². The lowest BCUT2D eigenvalue weighted by molar-refractivity contribution is 0.591. The van der Waals surface area contributed by atoms with Gasteiger partial charge in [0.25, 0.3) is 0 Å². The molecule has 0 fully saturated rings. The minimum atomic E-state index is -3.10. The number of halogens is 1. The molecule has 2 N–H and O–H groups in total. The van der Waals surface area contributed by atoms with E-state index in [0.29, 0.717) is 25.5 Å². The second kappa shape index (κ2) is 12.0. The molecule has 2 aromatic rings. The Morgan fingerprint density at radius 1 is 1.00 bits per heavy atom. The maximum atomic E-state index is 12.2. The van der Waals surface area contributed by atoms with Crippen molar-refractivity contribution < 1.29 is 8.42 Å². The summed E-state index contributed by atoms with van der Waals surface area (Å²) in [6.07, 6.45) is 0.542. The zero-order valence-corrected chi connectivity index (χ0v) is 19.0. The molecule has 2 rings (SSSR count). The summed E-state index contributed by atoms with van der Waals surface area (Å²) < 4.78 is 24.4. The molecule has 0 atom stereocenters. The third-order valence-corrected chi connectivity index (χ3v) is 5.60. The van der Waals surface area contributed by atoms with Gasteiger partial charge >= 0.3 is 0 Å². The van der Waals surface area contributed by atoms with E-state index in [1.165, 1.54) is 11.1 Å². The third kappa shape index (κ3) is 9.23. The standard InChI is InChI=1S/C20H27N3O2S.HI/c1-17-8-6-11-19(14-17)15-23-20(21-2)22-12-7-13-26(24,25)16-18-9-4-3-5-10-18;/h3-6,8-11,14H,7,12-13,15-16H2,1-2H3,(H2,21,22,23);1H. The molecular weight excluding hydrogens is 473 g/mol. The number of sulfone groups is 1. The second-order valence-corrected chi connectivity index (χ2v) is 8.46. The fourth-order valence-corrected chi connectivity index (χ4v) is 4.06. The zero-order valence-electron chi connectivity index (χ0n) is 15.8. The molecule has 0 bridgehead atoms. The van der Waals surface area contributed by atoms with Crippen molar-refractivity contribution in [3.05, 3.63) is 71.3 Å². The van der Waals surface area contributed by atoms with Gasteiger partial charge in [-0.15, -0.1) is 24.0 Å². The van der Waals surface area contributed by atoms with Crippen LogP contribution in [0.1, 0.15) is 23.1 Å². The van der Waals surface area contributed by atoms with E-state index in [1.54, 1.807) is 7.05 Å². The highest BCUT2D eigenvalue weighted by Crippen LogP contribution is 2.07. The van der Waals surface area contributed by atoms with Crippen molar-refractivity contribution in [3.63, 3.8) is 0 Å². The Morgan fingerprint density at radius 2 is 1.70 bits per heavy atom. The number of hydrogen-bond acceptors (Lipinski definition) is 3. The Labute approximate surface area is 179 Å². The summed E-state index contributed by atoms with van der Waals surface area (Å²) in [4.78, 5) is 4.17. The summed E-state index contributed by atoms with van der Waals surface area (Å²) >= 11 is 0. The van der Waals surface area contributed by atoms with Crippen molar-refractivity contribution in [2.45, 2.75) is 25.6 Å². The van der Waals surface area contributed by atoms with Gasteiger partial charge in [-0.25, -0.2) is 8.42 Å². The van der Waals surface area contributed by atoms with Crippen molar-refractivity contribution in [2.24, 2.45) is 4.99 Å². The minimum absolute atomic E-state index is 0. The third-order valence-electron chi connectivity index (χ3n) is 3.92. The van der Waals surface area contributed by atoms with Gasteiger partial charge in [0.05, 0.1) is 11.5 Å². The van der Waals surface area contributed by atoms with E-state index >= 15 is 0 Å². The van der Waals surface area contributed by atoms with Crippen LogP contribution >= 0.6 is 24.0 Å². The molecule has 0 saturated heterocycles. The van der Waals surface area contributed by atoms with Crippen molar-refractivity contribution in [2.75, 3.05) is 19.3 Å². The molecule has 0 spiro atoms. The zero-order chi connectivity index (χ0) is 18.8. The summed E-state index contributed by atoms with van der Waals surface area (Å²) in [5.41, 5.74) is 3.23. The average Bonchev–Trinajstić information content (AvgIpc) is 2.61. The number of nitrogens with zero attached hydrogens (tertiary/aromatic N) is 1. The van der Waals surface area contributed by atoms with Gasteiger partial charge in [0.2, 0.25) is 0 Å². The predicted octanol–water partition coefficient (Wildman–Crippen LogP) is 3.28. The Kier molecular flexibility index (Phi) is 10.4. The number of nitrogens with one attached hydrogen (secondary N) is 2. The minimum Gasteiger partial charge on any atom is -0.356 e. The number of aliphatic imine (C=N–C) groups is 1. The maximum Gasteiger partial charge on any atom is 0.191 e. The summed E-state index contributed by atoms with van der Waals surface area (Å²) in [5, 5.41) is 6.41. The van der Waals surface area contributed by atoms with Crippen molar-refractivity contribution >= 4 is 39.8 Å². The van der Waals surface area contributed by atoms with Crippen LogP contribution in [0.2, 0.25) is 0 Å². The second-order valence-electron chi connectivity index (χ2n) is 6.27. The van der Waals surface area contributed by atoms with E-state index in [1.807, 2.05) is 36.4 Å². The molecule has 148 valence electrons. The number of benzene rings is 2. The predicted molar refractivity (Wildman–Crippen MR) is 123 cm³/mol. The number of aryl methyl sites for hydroxylation is 1. The lowest BCUT2D eigenvalue weighted by atomic mass is 10.1. The highest BCUT2D eigenvalue weighted by atomic mass is 127. The SMILES string of the molecule is CN=C(NCCCS(=O)(=O)Cc1ccccc1)NCc1cccc(C)c1.I. The van der Waals surface area contributed by atoms with Crippen LogP contribution in [0, 0.1) is 6.92 Å². The normalized spacial score (nSPS) is 11.6. The van der Waals surface area contributed by atoms with Gasteiger partial charge in [0, 0.05) is 20.1 Å². The lowest BCUT2D eigenvalue weighted by Gasteiger charge is -2.12. The molecule has 0 aliphatic rings. The fourth-order valence-electron chi connectivity index (χ4n) is 2.63. The van der Waals surface area contributed by atoms with Crippen LogP contribution in [0.3, 0.4) is 0 Å². The average molecular weight is 501 g/mol. The van der Waals surface area contributed by atoms with E-state index in [-0.39, 0.29) is 35.5 Å². The highest BCUT2D eigenvalue weighted by molar-refractivity contribution is 14.0. The van der Waals surface area contributed by atoms with Gasteiger partial charge in [-0.3, -0.25) is 4.99 Å². The van der Waals surface area contributed by atoms with Crippen LogP contribution in [0.25, 0.3) is 0 Å². The summed E-state index contributed by atoms with van der Waals surface area (Å²) in [7, 11) is -1.39. The van der Waals surface area contributed by atoms with E-state index < -0.39 is 9.84 Å². The first-order valence-electron chi connectivity index (χ1n) is 8.73. The molecule has 0 unspecified atom stereocenters. The molecule has 2 aromatic carbocycles. The molecule has 5 nitrogen and oxygen atoms in total. The van der Waals surface area contributed by atoms with E-state index in [9.17, 15) is 8.42 Å². The maximum absolute atomic E-state index is 12.2. The molecule has 0 aromatic heterocycles. The molecule has 27 heavy (non-hydrogen) atoms. The number of guanidine groups is 1. The van der Waals surface area contributed by atoms with Crippen LogP contribution in [0.5, 0.6) is 0 Å². The largest absolute Gasteiger partial charge is 0.356 e. The summed E-state index contributed by atoms with van der Waals surface area (Å²) in [6.45, 7) is 3.29. The number of rotatable bonds is 8. The van der Waals surface area contributed by atoms with Crippen LogP contribution in [-0.4, -0.2) is 33.7 Å². The Morgan fingerprint density at radius 3 is 2.37 bits per heavy atom. The first-order valence-corrected chi connectivity index (χ1v) is 10.5. The first kappa shape index (κ1) is 23.4. The highest BCUT2D eigenvalue weighted by Gasteiger charge is 2.11. The van der Waals surface area contributed by atoms with Gasteiger partial charge < -0.3 is 10.6 Å². The van der Waals surface area contributed by atoms with E-state index in [0.717, 1.165) is 5.56 Å². The van der Waals surface area contributed by atoms with Gasteiger partial charge in [-0.1, -0.05) is 60.2 Å². The van der Waals surface area contributed by atoms with Gasteiger partial charge in [-0.05, 0) is 24.5 Å². The van der Waals surface area contributed by atoms with Crippen LogP contribution in [-0.2, 0) is 22.1 Å². The summed E-state index contributed by atoms with van der Waals surface area (Å²) in [5.74, 6) is 0.921. The molecule has 0 saturated carbocycles. The molecule has 0 aliphatic carbocycles. The topological polar surface area (TPSA) is 70.6 Å².